The van der Waals surface area contributed by atoms with E-state index in [4.69, 9.17) is 0 Å². The van der Waals surface area contributed by atoms with Gasteiger partial charge >= 0.3 is 0 Å². The van der Waals surface area contributed by atoms with Crippen molar-refractivity contribution in [2.24, 2.45) is 0 Å². The Morgan fingerprint density at radius 3 is 2.33 bits per heavy atom. The lowest BCUT2D eigenvalue weighted by Gasteiger charge is -2.13. The summed E-state index contributed by atoms with van der Waals surface area (Å²) in [5, 5.41) is 5.20. The predicted octanol–water partition coefficient (Wildman–Crippen LogP) is 1.89. The Kier molecular flexibility index (Phi) is 7.35. The third-order valence-electron chi connectivity index (χ3n) is 2.87. The molecule has 2 N–H and O–H groups in total. The number of likely N-dealkylation sites (N-methyl/N-ethyl adjacent to an activating group) is 1. The zero-order valence-corrected chi connectivity index (χ0v) is 14.3. The first kappa shape index (κ1) is 17.6. The lowest BCUT2D eigenvalue weighted by atomic mass is 10.1. The van der Waals surface area contributed by atoms with Gasteiger partial charge in [0.05, 0.1) is 0 Å². The molecule has 0 bridgehead atoms. The van der Waals surface area contributed by atoms with Gasteiger partial charge in [-0.05, 0) is 48.6 Å². The number of carbonyl (C=O) groups excluding carboxylic acids is 3. The van der Waals surface area contributed by atoms with Crippen LogP contribution in [-0.2, 0) is 9.59 Å². The maximum atomic E-state index is 11.9. The van der Waals surface area contributed by atoms with Gasteiger partial charge in [0.1, 0.15) is 6.04 Å². The molecule has 1 rings (SSSR count). The van der Waals surface area contributed by atoms with Crippen LogP contribution in [0.1, 0.15) is 37.0 Å². The first-order valence-electron chi connectivity index (χ1n) is 6.80. The summed E-state index contributed by atoms with van der Waals surface area (Å²) in [4.78, 5) is 35.1. The summed E-state index contributed by atoms with van der Waals surface area (Å²) in [6, 6.07) is 6.61. The lowest BCUT2D eigenvalue weighted by Crippen LogP contribution is -2.44. The molecule has 0 saturated carbocycles. The second kappa shape index (κ2) is 8.76. The van der Waals surface area contributed by atoms with Crippen LogP contribution >= 0.6 is 22.6 Å². The highest BCUT2D eigenvalue weighted by Gasteiger charge is 2.15. The summed E-state index contributed by atoms with van der Waals surface area (Å²) < 4.78 is 1.05. The number of nitrogens with one attached hydrogen (secondary N) is 2. The van der Waals surface area contributed by atoms with Crippen LogP contribution in [0.2, 0.25) is 0 Å². The molecule has 0 unspecified atom stereocenters. The van der Waals surface area contributed by atoms with E-state index in [-0.39, 0.29) is 30.4 Å². The molecule has 0 aromatic heterocycles. The van der Waals surface area contributed by atoms with Crippen LogP contribution in [0.5, 0.6) is 0 Å². The van der Waals surface area contributed by atoms with Crippen LogP contribution in [0.25, 0.3) is 0 Å². The van der Waals surface area contributed by atoms with E-state index in [1.165, 1.54) is 0 Å². The second-order valence-electron chi connectivity index (χ2n) is 4.61. The normalized spacial score (nSPS) is 11.6. The van der Waals surface area contributed by atoms with Gasteiger partial charge in [-0.15, -0.1) is 0 Å². The van der Waals surface area contributed by atoms with Crippen LogP contribution < -0.4 is 10.6 Å². The van der Waals surface area contributed by atoms with Crippen molar-refractivity contribution in [1.82, 2.24) is 10.6 Å². The van der Waals surface area contributed by atoms with Crippen LogP contribution in [0, 0.1) is 3.57 Å². The molecule has 0 spiro atoms. The fraction of sp³-hybridized carbons (Fsp3) is 0.400. The van der Waals surface area contributed by atoms with Gasteiger partial charge < -0.3 is 10.6 Å². The molecule has 0 heterocycles. The molecule has 5 nitrogen and oxygen atoms in total. The molecule has 1 atom stereocenters. The van der Waals surface area contributed by atoms with Crippen LogP contribution in [-0.4, -0.2) is 30.2 Å². The maximum Gasteiger partial charge on any atom is 0.242 e. The third kappa shape index (κ3) is 6.24. The minimum Gasteiger partial charge on any atom is -0.355 e. The Morgan fingerprint density at radius 1 is 1.14 bits per heavy atom. The first-order valence-corrected chi connectivity index (χ1v) is 7.87. The molecule has 0 saturated heterocycles. The quantitative estimate of drug-likeness (QED) is 0.541. The molecule has 0 aliphatic heterocycles. The second-order valence-corrected chi connectivity index (χ2v) is 5.86. The predicted molar refractivity (Wildman–Crippen MR) is 89.0 cm³/mol. The average molecular weight is 402 g/mol. The van der Waals surface area contributed by atoms with Crippen molar-refractivity contribution >= 4 is 40.2 Å². The number of halogens is 1. The zero-order chi connectivity index (χ0) is 15.8. The van der Waals surface area contributed by atoms with E-state index in [1.807, 2.05) is 19.1 Å². The minimum atomic E-state index is -0.592. The number of rotatable bonds is 7. The van der Waals surface area contributed by atoms with E-state index in [2.05, 4.69) is 33.2 Å². The van der Waals surface area contributed by atoms with Crippen LogP contribution in [0.4, 0.5) is 0 Å². The summed E-state index contributed by atoms with van der Waals surface area (Å²) in [5.74, 6) is -0.602. The molecule has 0 radical (unpaired) electrons. The highest BCUT2D eigenvalue weighted by molar-refractivity contribution is 14.1. The number of amides is 2. The van der Waals surface area contributed by atoms with Crippen molar-refractivity contribution in [3.05, 3.63) is 33.4 Å². The van der Waals surface area contributed by atoms with E-state index >= 15 is 0 Å². The highest BCUT2D eigenvalue weighted by Crippen LogP contribution is 2.09. The Bertz CT molecular complexity index is 514. The Hall–Kier alpha value is -1.44. The number of hydrogen-bond acceptors (Lipinski definition) is 3. The molecule has 0 aliphatic rings. The Labute approximate surface area is 138 Å². The fourth-order valence-corrected chi connectivity index (χ4v) is 2.07. The SMILES string of the molecule is CCNC(=O)[C@@H](C)NC(=O)CCC(=O)c1ccc(I)cc1. The topological polar surface area (TPSA) is 75.3 Å². The van der Waals surface area contributed by atoms with Crippen molar-refractivity contribution in [3.8, 4) is 0 Å². The van der Waals surface area contributed by atoms with Crippen molar-refractivity contribution in [2.75, 3.05) is 6.54 Å². The summed E-state index contributed by atoms with van der Waals surface area (Å²) >= 11 is 2.16. The van der Waals surface area contributed by atoms with Gasteiger partial charge in [-0.1, -0.05) is 12.1 Å². The number of benzene rings is 1. The van der Waals surface area contributed by atoms with Crippen LogP contribution in [0.15, 0.2) is 24.3 Å². The number of ketones is 1. The van der Waals surface area contributed by atoms with E-state index in [1.54, 1.807) is 19.1 Å². The first-order chi connectivity index (χ1) is 9.93. The molecule has 2 amide bonds. The molecule has 1 aromatic rings. The Balaban J connectivity index is 2.40. The molecular weight excluding hydrogens is 383 g/mol. The van der Waals surface area contributed by atoms with Crippen molar-refractivity contribution in [1.29, 1.82) is 0 Å². The molecule has 1 aromatic carbocycles. The fourth-order valence-electron chi connectivity index (χ4n) is 1.71. The molecular formula is C15H19IN2O3. The lowest BCUT2D eigenvalue weighted by molar-refractivity contribution is -0.128. The van der Waals surface area contributed by atoms with Crippen molar-refractivity contribution < 1.29 is 14.4 Å². The van der Waals surface area contributed by atoms with E-state index in [9.17, 15) is 14.4 Å². The smallest absolute Gasteiger partial charge is 0.242 e. The van der Waals surface area contributed by atoms with E-state index < -0.39 is 6.04 Å². The van der Waals surface area contributed by atoms with Gasteiger partial charge in [-0.25, -0.2) is 0 Å². The number of hydrogen-bond donors (Lipinski definition) is 2. The zero-order valence-electron chi connectivity index (χ0n) is 12.1. The van der Waals surface area contributed by atoms with Gasteiger partial charge in [-0.3, -0.25) is 14.4 Å². The largest absolute Gasteiger partial charge is 0.355 e. The monoisotopic (exact) mass is 402 g/mol. The van der Waals surface area contributed by atoms with Gasteiger partial charge in [0.2, 0.25) is 11.8 Å². The third-order valence-corrected chi connectivity index (χ3v) is 3.59. The Morgan fingerprint density at radius 2 is 1.76 bits per heavy atom. The summed E-state index contributed by atoms with van der Waals surface area (Å²) in [6.07, 6.45) is 0.211. The summed E-state index contributed by atoms with van der Waals surface area (Å²) in [6.45, 7) is 3.94. The number of carbonyl (C=O) groups is 3. The highest BCUT2D eigenvalue weighted by atomic mass is 127. The van der Waals surface area contributed by atoms with E-state index in [0.29, 0.717) is 12.1 Å². The minimum absolute atomic E-state index is 0.0767. The standard InChI is InChI=1S/C15H19IN2O3/c1-3-17-15(21)10(2)18-14(20)9-8-13(19)11-4-6-12(16)7-5-11/h4-7,10H,3,8-9H2,1-2H3,(H,17,21)(H,18,20)/t10-/m1/s1. The van der Waals surface area contributed by atoms with Crippen LogP contribution in [0.3, 0.4) is 0 Å². The summed E-state index contributed by atoms with van der Waals surface area (Å²) in [7, 11) is 0. The van der Waals surface area contributed by atoms with Gasteiger partial charge in [0, 0.05) is 28.5 Å². The molecule has 6 heteroatoms. The summed E-state index contributed by atoms with van der Waals surface area (Å²) in [5.41, 5.74) is 0.597. The van der Waals surface area contributed by atoms with Crippen molar-refractivity contribution in [2.45, 2.75) is 32.7 Å². The van der Waals surface area contributed by atoms with Gasteiger partial charge in [0.15, 0.2) is 5.78 Å². The maximum absolute atomic E-state index is 11.9. The van der Waals surface area contributed by atoms with Crippen molar-refractivity contribution in [3.63, 3.8) is 0 Å². The molecule has 21 heavy (non-hydrogen) atoms. The average Bonchev–Trinajstić information content (AvgIpc) is 2.45. The molecule has 0 aliphatic carbocycles. The van der Waals surface area contributed by atoms with E-state index in [0.717, 1.165) is 3.57 Å². The van der Waals surface area contributed by atoms with Gasteiger partial charge in [-0.2, -0.15) is 0 Å². The van der Waals surface area contributed by atoms with Gasteiger partial charge in [0.25, 0.3) is 0 Å². The number of Topliss-reactive ketones (excluding diaryl/α,β-unsaturated/α-hetero) is 1. The molecule has 114 valence electrons. The molecule has 0 fully saturated rings.